The lowest BCUT2D eigenvalue weighted by Gasteiger charge is -2.10. The largest absolute Gasteiger partial charge is 0.325 e. The number of carbonyl (C=O) groups excluding carboxylic acids is 3. The van der Waals surface area contributed by atoms with Crippen LogP contribution in [0.4, 0.5) is 11.4 Å². The van der Waals surface area contributed by atoms with Crippen molar-refractivity contribution in [2.24, 2.45) is 0 Å². The Morgan fingerprint density at radius 2 is 1.57 bits per heavy atom. The summed E-state index contributed by atoms with van der Waals surface area (Å²) in [6.07, 6.45) is 0.290. The zero-order valence-corrected chi connectivity index (χ0v) is 13.1. The smallest absolute Gasteiger partial charge is 0.296 e. The predicted octanol–water partition coefficient (Wildman–Crippen LogP) is 3.16. The lowest BCUT2D eigenvalue weighted by molar-refractivity contribution is -0.116. The van der Waals surface area contributed by atoms with E-state index in [-0.39, 0.29) is 17.9 Å². The Morgan fingerprint density at radius 3 is 2.22 bits per heavy atom. The maximum absolute atomic E-state index is 12.3. The van der Waals surface area contributed by atoms with Gasteiger partial charge in [-0.3, -0.25) is 14.4 Å². The van der Waals surface area contributed by atoms with Crippen LogP contribution in [0.25, 0.3) is 0 Å². The molecule has 0 atom stereocenters. The Labute approximate surface area is 134 Å². The van der Waals surface area contributed by atoms with Gasteiger partial charge in [0.15, 0.2) is 0 Å². The molecule has 0 aliphatic heterocycles. The molecular weight excluding hydrogens is 292 g/mol. The average molecular weight is 310 g/mol. The summed E-state index contributed by atoms with van der Waals surface area (Å²) in [5.41, 5.74) is 2.10. The summed E-state index contributed by atoms with van der Waals surface area (Å²) in [6, 6.07) is 13.6. The number of para-hydroxylation sites is 1. The standard InChI is InChI=1S/C18H18N2O3/c1-3-16(21)20-15-7-5-4-6-14(15)17(22)18(23)19-13-10-8-12(2)9-11-13/h4-11H,3H2,1-2H3,(H,19,23)(H,20,21). The molecule has 23 heavy (non-hydrogen) atoms. The fraction of sp³-hybridized carbons (Fsp3) is 0.167. The first kappa shape index (κ1) is 16.4. The SMILES string of the molecule is CCC(=O)Nc1ccccc1C(=O)C(=O)Nc1ccc(C)cc1. The van der Waals surface area contributed by atoms with Gasteiger partial charge < -0.3 is 10.6 Å². The molecule has 2 aromatic rings. The second-order valence-electron chi connectivity index (χ2n) is 5.10. The number of hydrogen-bond acceptors (Lipinski definition) is 3. The molecule has 2 rings (SSSR count). The van der Waals surface area contributed by atoms with E-state index in [2.05, 4.69) is 10.6 Å². The highest BCUT2D eigenvalue weighted by Crippen LogP contribution is 2.17. The van der Waals surface area contributed by atoms with E-state index in [1.54, 1.807) is 37.3 Å². The molecule has 0 unspecified atom stereocenters. The van der Waals surface area contributed by atoms with Crippen LogP contribution in [0.1, 0.15) is 29.3 Å². The van der Waals surface area contributed by atoms with Crippen molar-refractivity contribution >= 4 is 29.0 Å². The normalized spacial score (nSPS) is 10.0. The van der Waals surface area contributed by atoms with Crippen LogP contribution in [-0.2, 0) is 9.59 Å². The van der Waals surface area contributed by atoms with Crippen LogP contribution in [0.2, 0.25) is 0 Å². The third-order valence-electron chi connectivity index (χ3n) is 3.28. The second kappa shape index (κ2) is 7.35. The molecule has 0 bridgehead atoms. The van der Waals surface area contributed by atoms with Gasteiger partial charge in [-0.25, -0.2) is 0 Å². The van der Waals surface area contributed by atoms with Gasteiger partial charge in [0.1, 0.15) is 0 Å². The van der Waals surface area contributed by atoms with Gasteiger partial charge in [0.25, 0.3) is 11.7 Å². The van der Waals surface area contributed by atoms with Gasteiger partial charge in [0.2, 0.25) is 5.91 Å². The van der Waals surface area contributed by atoms with Crippen molar-refractivity contribution < 1.29 is 14.4 Å². The highest BCUT2D eigenvalue weighted by Gasteiger charge is 2.20. The Balaban J connectivity index is 2.17. The molecule has 0 aliphatic rings. The Bertz CT molecular complexity index is 736. The van der Waals surface area contributed by atoms with Crippen LogP contribution in [-0.4, -0.2) is 17.6 Å². The van der Waals surface area contributed by atoms with Crippen molar-refractivity contribution in [2.75, 3.05) is 10.6 Å². The zero-order valence-electron chi connectivity index (χ0n) is 13.1. The topological polar surface area (TPSA) is 75.3 Å². The number of rotatable bonds is 5. The quantitative estimate of drug-likeness (QED) is 0.658. The molecule has 0 fully saturated rings. The summed E-state index contributed by atoms with van der Waals surface area (Å²) in [6.45, 7) is 3.65. The van der Waals surface area contributed by atoms with Gasteiger partial charge in [-0.1, -0.05) is 36.8 Å². The molecule has 0 saturated carbocycles. The summed E-state index contributed by atoms with van der Waals surface area (Å²) in [7, 11) is 0. The highest BCUT2D eigenvalue weighted by molar-refractivity contribution is 6.47. The lowest BCUT2D eigenvalue weighted by atomic mass is 10.1. The maximum Gasteiger partial charge on any atom is 0.296 e. The molecule has 0 radical (unpaired) electrons. The maximum atomic E-state index is 12.3. The van der Waals surface area contributed by atoms with Gasteiger partial charge >= 0.3 is 0 Å². The van der Waals surface area contributed by atoms with Crippen LogP contribution in [0, 0.1) is 6.92 Å². The highest BCUT2D eigenvalue weighted by atomic mass is 16.2. The molecule has 118 valence electrons. The molecule has 5 heteroatoms. The molecule has 2 amide bonds. The molecule has 0 aliphatic carbocycles. The number of nitrogens with one attached hydrogen (secondary N) is 2. The summed E-state index contributed by atoms with van der Waals surface area (Å²) >= 11 is 0. The van der Waals surface area contributed by atoms with E-state index in [4.69, 9.17) is 0 Å². The molecular formula is C18H18N2O3. The summed E-state index contributed by atoms with van der Waals surface area (Å²) in [5, 5.41) is 5.19. The van der Waals surface area contributed by atoms with Crippen molar-refractivity contribution in [2.45, 2.75) is 20.3 Å². The number of ketones is 1. The fourth-order valence-electron chi connectivity index (χ4n) is 1.98. The van der Waals surface area contributed by atoms with Gasteiger partial charge in [0, 0.05) is 12.1 Å². The number of anilines is 2. The van der Waals surface area contributed by atoms with Crippen LogP contribution in [0.15, 0.2) is 48.5 Å². The predicted molar refractivity (Wildman–Crippen MR) is 89.5 cm³/mol. The van der Waals surface area contributed by atoms with Gasteiger partial charge in [-0.15, -0.1) is 0 Å². The molecule has 0 spiro atoms. The Morgan fingerprint density at radius 1 is 0.913 bits per heavy atom. The van der Waals surface area contributed by atoms with Crippen molar-refractivity contribution in [3.63, 3.8) is 0 Å². The fourth-order valence-corrected chi connectivity index (χ4v) is 1.98. The Hall–Kier alpha value is -2.95. The minimum atomic E-state index is -0.743. The van der Waals surface area contributed by atoms with Gasteiger partial charge in [-0.2, -0.15) is 0 Å². The van der Waals surface area contributed by atoms with Crippen LogP contribution >= 0.6 is 0 Å². The van der Waals surface area contributed by atoms with Crippen molar-refractivity contribution in [3.05, 3.63) is 59.7 Å². The third kappa shape index (κ3) is 4.26. The minimum Gasteiger partial charge on any atom is -0.325 e. The van der Waals surface area contributed by atoms with E-state index < -0.39 is 11.7 Å². The molecule has 5 nitrogen and oxygen atoms in total. The summed E-state index contributed by atoms with van der Waals surface area (Å²) in [5.74, 6) is -1.66. The molecule has 0 heterocycles. The minimum absolute atomic E-state index is 0.166. The van der Waals surface area contributed by atoms with E-state index in [1.165, 1.54) is 6.07 Å². The van der Waals surface area contributed by atoms with Crippen LogP contribution < -0.4 is 10.6 Å². The number of amides is 2. The second-order valence-corrected chi connectivity index (χ2v) is 5.10. The molecule has 0 aromatic heterocycles. The first-order chi connectivity index (χ1) is 11.0. The zero-order chi connectivity index (χ0) is 16.8. The first-order valence-electron chi connectivity index (χ1n) is 7.32. The average Bonchev–Trinajstić information content (AvgIpc) is 2.56. The summed E-state index contributed by atoms with van der Waals surface area (Å²) < 4.78 is 0. The van der Waals surface area contributed by atoms with Crippen molar-refractivity contribution in [1.82, 2.24) is 0 Å². The number of hydrogen-bond donors (Lipinski definition) is 2. The Kier molecular flexibility index (Phi) is 5.25. The molecule has 2 N–H and O–H groups in total. The van der Waals surface area contributed by atoms with Gasteiger partial charge in [-0.05, 0) is 31.2 Å². The van der Waals surface area contributed by atoms with E-state index in [0.717, 1.165) is 5.56 Å². The number of benzene rings is 2. The van der Waals surface area contributed by atoms with Crippen molar-refractivity contribution in [1.29, 1.82) is 0 Å². The number of carbonyl (C=O) groups is 3. The number of aryl methyl sites for hydroxylation is 1. The summed E-state index contributed by atoms with van der Waals surface area (Å²) in [4.78, 5) is 36.0. The van der Waals surface area contributed by atoms with E-state index in [0.29, 0.717) is 11.4 Å². The van der Waals surface area contributed by atoms with Gasteiger partial charge in [0.05, 0.1) is 11.3 Å². The molecule has 2 aromatic carbocycles. The molecule has 0 saturated heterocycles. The monoisotopic (exact) mass is 310 g/mol. The number of Topliss-reactive ketones (excluding diaryl/α,β-unsaturated/α-hetero) is 1. The van der Waals surface area contributed by atoms with Crippen LogP contribution in [0.5, 0.6) is 0 Å². The van der Waals surface area contributed by atoms with Crippen LogP contribution in [0.3, 0.4) is 0 Å². The van der Waals surface area contributed by atoms with Crippen molar-refractivity contribution in [3.8, 4) is 0 Å². The first-order valence-corrected chi connectivity index (χ1v) is 7.32. The van der Waals surface area contributed by atoms with E-state index in [9.17, 15) is 14.4 Å². The lowest BCUT2D eigenvalue weighted by Crippen LogP contribution is -2.24. The third-order valence-corrected chi connectivity index (χ3v) is 3.28. The van der Waals surface area contributed by atoms with E-state index >= 15 is 0 Å². The van der Waals surface area contributed by atoms with E-state index in [1.807, 2.05) is 19.1 Å².